The van der Waals surface area contributed by atoms with Crippen LogP contribution in [0.5, 0.6) is 5.75 Å². The van der Waals surface area contributed by atoms with E-state index in [0.29, 0.717) is 10.9 Å². The van der Waals surface area contributed by atoms with E-state index in [1.165, 1.54) is 6.42 Å². The van der Waals surface area contributed by atoms with Crippen LogP contribution in [-0.4, -0.2) is 22.0 Å². The first kappa shape index (κ1) is 14.6. The van der Waals surface area contributed by atoms with E-state index in [0.717, 1.165) is 25.7 Å². The standard InChI is InChI=1S/C17H20N2O3/c20-15(18-11-6-2-1-3-7-11)10-13-16(21)12-8-4-5-9-14(12)19-17(13)22/h4-5,8-9,11H,1-3,6-7,10H2,(H,18,20)(H2,19,21,22). The molecule has 5 nitrogen and oxygen atoms in total. The summed E-state index contributed by atoms with van der Waals surface area (Å²) < 4.78 is 0. The Morgan fingerprint density at radius 1 is 1.23 bits per heavy atom. The monoisotopic (exact) mass is 300 g/mol. The summed E-state index contributed by atoms with van der Waals surface area (Å²) >= 11 is 0. The molecule has 0 radical (unpaired) electrons. The number of aromatic hydroxyl groups is 1. The lowest BCUT2D eigenvalue weighted by Crippen LogP contribution is -2.37. The van der Waals surface area contributed by atoms with Crippen LogP contribution in [0.1, 0.15) is 37.7 Å². The number of fused-ring (bicyclic) bond motifs is 1. The molecule has 0 unspecified atom stereocenters. The summed E-state index contributed by atoms with van der Waals surface area (Å²) in [6.45, 7) is 0. The third kappa shape index (κ3) is 2.98. The van der Waals surface area contributed by atoms with Crippen molar-refractivity contribution in [3.63, 3.8) is 0 Å². The van der Waals surface area contributed by atoms with E-state index in [2.05, 4.69) is 10.3 Å². The number of pyridine rings is 1. The van der Waals surface area contributed by atoms with Crippen molar-refractivity contribution < 1.29 is 9.90 Å². The maximum Gasteiger partial charge on any atom is 0.255 e. The van der Waals surface area contributed by atoms with Crippen LogP contribution < -0.4 is 10.9 Å². The number of hydrogen-bond donors (Lipinski definition) is 3. The highest BCUT2D eigenvalue weighted by molar-refractivity contribution is 5.88. The number of aromatic amines is 1. The average molecular weight is 300 g/mol. The number of hydrogen-bond acceptors (Lipinski definition) is 3. The summed E-state index contributed by atoms with van der Waals surface area (Å²) in [5, 5.41) is 13.8. The molecular formula is C17H20N2O3. The zero-order chi connectivity index (χ0) is 15.5. The normalized spacial score (nSPS) is 15.8. The highest BCUT2D eigenvalue weighted by Crippen LogP contribution is 2.25. The van der Waals surface area contributed by atoms with Gasteiger partial charge in [0.05, 0.1) is 17.5 Å². The number of para-hydroxylation sites is 1. The second-order valence-electron chi connectivity index (χ2n) is 5.91. The van der Waals surface area contributed by atoms with Gasteiger partial charge in [-0.1, -0.05) is 31.4 Å². The Morgan fingerprint density at radius 2 is 1.95 bits per heavy atom. The Hall–Kier alpha value is -2.30. The van der Waals surface area contributed by atoms with Gasteiger partial charge in [0.15, 0.2) is 0 Å². The predicted molar refractivity (Wildman–Crippen MR) is 85.0 cm³/mol. The van der Waals surface area contributed by atoms with Gasteiger partial charge in [0, 0.05) is 11.4 Å². The smallest absolute Gasteiger partial charge is 0.255 e. The topological polar surface area (TPSA) is 82.2 Å². The summed E-state index contributed by atoms with van der Waals surface area (Å²) in [5.41, 5.74) is 0.295. The molecule has 0 bridgehead atoms. The van der Waals surface area contributed by atoms with Crippen LogP contribution in [0.3, 0.4) is 0 Å². The molecule has 3 N–H and O–H groups in total. The summed E-state index contributed by atoms with van der Waals surface area (Å²) in [4.78, 5) is 26.9. The zero-order valence-corrected chi connectivity index (χ0v) is 12.4. The van der Waals surface area contributed by atoms with Gasteiger partial charge >= 0.3 is 0 Å². The first-order valence-corrected chi connectivity index (χ1v) is 7.77. The molecular weight excluding hydrogens is 280 g/mol. The fourth-order valence-electron chi connectivity index (χ4n) is 3.12. The number of benzene rings is 1. The van der Waals surface area contributed by atoms with E-state index in [9.17, 15) is 14.7 Å². The number of rotatable bonds is 3. The number of H-pyrrole nitrogens is 1. The fourth-order valence-corrected chi connectivity index (χ4v) is 3.12. The first-order valence-electron chi connectivity index (χ1n) is 7.77. The molecule has 1 amide bonds. The van der Waals surface area contributed by atoms with Gasteiger partial charge in [-0.2, -0.15) is 0 Å². The lowest BCUT2D eigenvalue weighted by atomic mass is 9.95. The number of nitrogens with one attached hydrogen (secondary N) is 2. The van der Waals surface area contributed by atoms with Crippen LogP contribution in [0.25, 0.3) is 10.9 Å². The second-order valence-corrected chi connectivity index (χ2v) is 5.91. The van der Waals surface area contributed by atoms with E-state index in [4.69, 9.17) is 0 Å². The van der Waals surface area contributed by atoms with E-state index in [-0.39, 0.29) is 29.7 Å². The highest BCUT2D eigenvalue weighted by atomic mass is 16.3. The van der Waals surface area contributed by atoms with E-state index in [1.54, 1.807) is 24.3 Å². The van der Waals surface area contributed by atoms with Gasteiger partial charge in [-0.15, -0.1) is 0 Å². The molecule has 1 heterocycles. The summed E-state index contributed by atoms with van der Waals surface area (Å²) in [5.74, 6) is -0.305. The second kappa shape index (κ2) is 6.22. The van der Waals surface area contributed by atoms with Crippen molar-refractivity contribution >= 4 is 16.8 Å². The molecule has 2 aromatic rings. The largest absolute Gasteiger partial charge is 0.507 e. The molecule has 1 aliphatic rings. The van der Waals surface area contributed by atoms with Crippen LogP contribution in [-0.2, 0) is 11.2 Å². The predicted octanol–water partition coefficient (Wildman–Crippen LogP) is 2.23. The van der Waals surface area contributed by atoms with Crippen LogP contribution in [0.4, 0.5) is 0 Å². The first-order chi connectivity index (χ1) is 10.6. The lowest BCUT2D eigenvalue weighted by molar-refractivity contribution is -0.121. The molecule has 1 fully saturated rings. The quantitative estimate of drug-likeness (QED) is 0.813. The zero-order valence-electron chi connectivity index (χ0n) is 12.4. The molecule has 1 aromatic carbocycles. The van der Waals surface area contributed by atoms with Crippen molar-refractivity contribution in [1.29, 1.82) is 0 Å². The van der Waals surface area contributed by atoms with Crippen LogP contribution in [0.2, 0.25) is 0 Å². The van der Waals surface area contributed by atoms with Crippen molar-refractivity contribution in [2.75, 3.05) is 0 Å². The minimum atomic E-state index is -0.407. The maximum atomic E-state index is 12.1. The van der Waals surface area contributed by atoms with Gasteiger partial charge in [-0.3, -0.25) is 9.59 Å². The Balaban J connectivity index is 1.81. The maximum absolute atomic E-state index is 12.1. The highest BCUT2D eigenvalue weighted by Gasteiger charge is 2.19. The average Bonchev–Trinajstić information content (AvgIpc) is 2.52. The Kier molecular flexibility index (Phi) is 4.13. The Bertz CT molecular complexity index is 745. The minimum absolute atomic E-state index is 0.0947. The molecule has 1 aliphatic carbocycles. The van der Waals surface area contributed by atoms with Crippen molar-refractivity contribution in [3.8, 4) is 5.75 Å². The third-order valence-corrected chi connectivity index (χ3v) is 4.30. The molecule has 116 valence electrons. The molecule has 5 heteroatoms. The molecule has 0 saturated heterocycles. The van der Waals surface area contributed by atoms with Crippen LogP contribution in [0.15, 0.2) is 29.1 Å². The van der Waals surface area contributed by atoms with Crippen LogP contribution in [0, 0.1) is 0 Å². The number of carbonyl (C=O) groups excluding carboxylic acids is 1. The number of amides is 1. The van der Waals surface area contributed by atoms with Crippen molar-refractivity contribution in [2.24, 2.45) is 0 Å². The van der Waals surface area contributed by atoms with Gasteiger partial charge in [0.1, 0.15) is 5.75 Å². The fraction of sp³-hybridized carbons (Fsp3) is 0.412. The van der Waals surface area contributed by atoms with Gasteiger partial charge in [-0.05, 0) is 25.0 Å². The number of carbonyl (C=O) groups is 1. The molecule has 1 aromatic heterocycles. The van der Waals surface area contributed by atoms with Gasteiger partial charge < -0.3 is 15.4 Å². The summed E-state index contributed by atoms with van der Waals surface area (Å²) in [7, 11) is 0. The van der Waals surface area contributed by atoms with E-state index in [1.807, 2.05) is 0 Å². The third-order valence-electron chi connectivity index (χ3n) is 4.30. The molecule has 1 saturated carbocycles. The van der Waals surface area contributed by atoms with E-state index >= 15 is 0 Å². The van der Waals surface area contributed by atoms with Gasteiger partial charge in [-0.25, -0.2) is 0 Å². The van der Waals surface area contributed by atoms with Crippen LogP contribution >= 0.6 is 0 Å². The Labute approximate surface area is 128 Å². The van der Waals surface area contributed by atoms with Crippen molar-refractivity contribution in [3.05, 3.63) is 40.2 Å². The number of aromatic nitrogens is 1. The van der Waals surface area contributed by atoms with Crippen molar-refractivity contribution in [1.82, 2.24) is 10.3 Å². The molecule has 0 aliphatic heterocycles. The summed E-state index contributed by atoms with van der Waals surface area (Å²) in [6.07, 6.45) is 5.37. The SMILES string of the molecule is O=C(Cc1c(O)c2ccccc2[nH]c1=O)NC1CCCCC1. The molecule has 0 atom stereocenters. The summed E-state index contributed by atoms with van der Waals surface area (Å²) in [6, 6.07) is 7.22. The van der Waals surface area contributed by atoms with Gasteiger partial charge in [0.2, 0.25) is 5.91 Å². The lowest BCUT2D eigenvalue weighted by Gasteiger charge is -2.22. The molecule has 3 rings (SSSR count). The van der Waals surface area contributed by atoms with Gasteiger partial charge in [0.25, 0.3) is 5.56 Å². The van der Waals surface area contributed by atoms with Crippen molar-refractivity contribution in [2.45, 2.75) is 44.6 Å². The molecule has 0 spiro atoms. The van der Waals surface area contributed by atoms with E-state index < -0.39 is 5.56 Å². The Morgan fingerprint density at radius 3 is 2.73 bits per heavy atom. The molecule has 22 heavy (non-hydrogen) atoms. The minimum Gasteiger partial charge on any atom is -0.507 e.